The van der Waals surface area contributed by atoms with E-state index in [-0.39, 0.29) is 24.9 Å². The van der Waals surface area contributed by atoms with Crippen LogP contribution in [0.5, 0.6) is 0 Å². The molecule has 0 unspecified atom stereocenters. The normalized spacial score (nSPS) is 10.5. The number of carbonyl (C=O) groups excluding carboxylic acids is 2. The van der Waals surface area contributed by atoms with Crippen LogP contribution in [0.1, 0.15) is 23.5 Å². The summed E-state index contributed by atoms with van der Waals surface area (Å²) < 4.78 is 6.13. The Labute approximate surface area is 172 Å². The number of hydrogen-bond donors (Lipinski definition) is 1. The second kappa shape index (κ2) is 9.85. The molecule has 28 heavy (non-hydrogen) atoms. The summed E-state index contributed by atoms with van der Waals surface area (Å²) in [7, 11) is 0. The van der Waals surface area contributed by atoms with Crippen LogP contribution in [-0.4, -0.2) is 18.5 Å². The van der Waals surface area contributed by atoms with E-state index < -0.39 is 5.97 Å². The van der Waals surface area contributed by atoms with E-state index in [0.717, 1.165) is 15.6 Å². The summed E-state index contributed by atoms with van der Waals surface area (Å²) in [4.78, 5) is 24.4. The summed E-state index contributed by atoms with van der Waals surface area (Å²) in [6.45, 7) is -0.314. The molecule has 0 spiro atoms. The minimum absolute atomic E-state index is 0.121. The fourth-order valence-corrected chi connectivity index (χ4v) is 3.17. The third kappa shape index (κ3) is 5.79. The monoisotopic (exact) mass is 437 g/mol. The fourth-order valence-electron chi connectivity index (χ4n) is 2.90. The first-order valence-electron chi connectivity index (χ1n) is 8.93. The highest BCUT2D eigenvalue weighted by Gasteiger charge is 2.19. The molecule has 0 saturated carbocycles. The molecule has 4 nitrogen and oxygen atoms in total. The lowest BCUT2D eigenvalue weighted by molar-refractivity contribution is -0.147. The van der Waals surface area contributed by atoms with Gasteiger partial charge in [0.15, 0.2) is 6.61 Å². The van der Waals surface area contributed by atoms with Crippen molar-refractivity contribution in [3.8, 4) is 0 Å². The molecule has 1 amide bonds. The molecule has 0 aliphatic carbocycles. The zero-order chi connectivity index (χ0) is 19.8. The molecule has 5 heteroatoms. The maximum absolute atomic E-state index is 12.4. The van der Waals surface area contributed by atoms with Crippen LogP contribution in [0.25, 0.3) is 0 Å². The Balaban J connectivity index is 1.59. The Morgan fingerprint density at radius 2 is 1.36 bits per heavy atom. The largest absolute Gasteiger partial charge is 0.456 e. The first-order chi connectivity index (χ1) is 13.6. The molecule has 1 N–H and O–H groups in total. The number of anilines is 1. The van der Waals surface area contributed by atoms with E-state index in [4.69, 9.17) is 4.74 Å². The molecule has 0 radical (unpaired) electrons. The average molecular weight is 438 g/mol. The summed E-state index contributed by atoms with van der Waals surface area (Å²) in [6.07, 6.45) is 0.166. The van der Waals surface area contributed by atoms with Crippen molar-refractivity contribution in [1.29, 1.82) is 0 Å². The van der Waals surface area contributed by atoms with Gasteiger partial charge in [-0.3, -0.25) is 9.59 Å². The van der Waals surface area contributed by atoms with Gasteiger partial charge in [-0.05, 0) is 35.4 Å². The number of rotatable bonds is 7. The summed E-state index contributed by atoms with van der Waals surface area (Å²) in [5.74, 6) is -0.903. The molecule has 0 fully saturated rings. The van der Waals surface area contributed by atoms with Gasteiger partial charge in [-0.15, -0.1) is 0 Å². The molecule has 0 saturated heterocycles. The smallest absolute Gasteiger partial charge is 0.307 e. The van der Waals surface area contributed by atoms with Gasteiger partial charge in [-0.1, -0.05) is 76.6 Å². The van der Waals surface area contributed by atoms with Crippen molar-refractivity contribution in [2.45, 2.75) is 12.3 Å². The topological polar surface area (TPSA) is 55.4 Å². The average Bonchev–Trinajstić information content (AvgIpc) is 2.73. The third-order valence-electron chi connectivity index (χ3n) is 4.27. The predicted octanol–water partition coefficient (Wildman–Crippen LogP) is 5.15. The van der Waals surface area contributed by atoms with Gasteiger partial charge in [0.05, 0.1) is 6.42 Å². The lowest BCUT2D eigenvalue weighted by Gasteiger charge is -2.17. The van der Waals surface area contributed by atoms with Crippen molar-refractivity contribution in [2.75, 3.05) is 11.9 Å². The van der Waals surface area contributed by atoms with Crippen molar-refractivity contribution >= 4 is 33.5 Å². The molecule has 3 rings (SSSR count). The Kier molecular flexibility index (Phi) is 6.98. The third-order valence-corrected chi connectivity index (χ3v) is 4.80. The summed E-state index contributed by atoms with van der Waals surface area (Å²) in [5.41, 5.74) is 2.71. The standard InChI is InChI=1S/C23H20BrNO3/c24-19-11-13-20(14-12-19)25-22(26)16-28-23(27)15-21(17-7-3-1-4-8-17)18-9-5-2-6-10-18/h1-14,21H,15-16H2,(H,25,26). The van der Waals surface area contributed by atoms with Crippen LogP contribution >= 0.6 is 15.9 Å². The Hall–Kier alpha value is -2.92. The van der Waals surface area contributed by atoms with Gasteiger partial charge in [-0.2, -0.15) is 0 Å². The fraction of sp³-hybridized carbons (Fsp3) is 0.130. The van der Waals surface area contributed by atoms with E-state index >= 15 is 0 Å². The van der Waals surface area contributed by atoms with E-state index in [0.29, 0.717) is 5.69 Å². The second-order valence-corrected chi connectivity index (χ2v) is 7.21. The number of carbonyl (C=O) groups is 2. The summed E-state index contributed by atoms with van der Waals surface area (Å²) in [5, 5.41) is 2.70. The van der Waals surface area contributed by atoms with Crippen LogP contribution in [0.4, 0.5) is 5.69 Å². The number of nitrogens with one attached hydrogen (secondary N) is 1. The van der Waals surface area contributed by atoms with Crippen molar-refractivity contribution in [2.24, 2.45) is 0 Å². The summed E-state index contributed by atoms with van der Waals surface area (Å²) in [6, 6.07) is 26.8. The lowest BCUT2D eigenvalue weighted by atomic mass is 9.89. The maximum Gasteiger partial charge on any atom is 0.307 e. The van der Waals surface area contributed by atoms with E-state index in [9.17, 15) is 9.59 Å². The number of benzene rings is 3. The van der Waals surface area contributed by atoms with Crippen LogP contribution < -0.4 is 5.32 Å². The number of esters is 1. The van der Waals surface area contributed by atoms with Crippen LogP contribution in [0, 0.1) is 0 Å². The molecule has 142 valence electrons. The van der Waals surface area contributed by atoms with Crippen molar-refractivity contribution in [3.63, 3.8) is 0 Å². The molecule has 0 bridgehead atoms. The van der Waals surface area contributed by atoms with E-state index in [1.807, 2.05) is 72.8 Å². The minimum Gasteiger partial charge on any atom is -0.456 e. The quantitative estimate of drug-likeness (QED) is 0.519. The SMILES string of the molecule is O=C(COC(=O)CC(c1ccccc1)c1ccccc1)Nc1ccc(Br)cc1. The van der Waals surface area contributed by atoms with Crippen LogP contribution in [0.15, 0.2) is 89.4 Å². The molecule has 0 aliphatic heterocycles. The molecule has 0 aliphatic rings. The molecular formula is C23H20BrNO3. The zero-order valence-corrected chi connectivity index (χ0v) is 16.8. The van der Waals surface area contributed by atoms with Crippen molar-refractivity contribution in [1.82, 2.24) is 0 Å². The van der Waals surface area contributed by atoms with Crippen LogP contribution in [-0.2, 0) is 14.3 Å². The maximum atomic E-state index is 12.4. The number of hydrogen-bond acceptors (Lipinski definition) is 3. The van der Waals surface area contributed by atoms with Crippen molar-refractivity contribution in [3.05, 3.63) is 101 Å². The molecular weight excluding hydrogens is 418 g/mol. The first kappa shape index (κ1) is 19.8. The van der Waals surface area contributed by atoms with E-state index in [2.05, 4.69) is 21.2 Å². The van der Waals surface area contributed by atoms with Crippen molar-refractivity contribution < 1.29 is 14.3 Å². The Morgan fingerprint density at radius 3 is 1.89 bits per heavy atom. The van der Waals surface area contributed by atoms with Crippen LogP contribution in [0.2, 0.25) is 0 Å². The summed E-state index contributed by atoms with van der Waals surface area (Å²) >= 11 is 3.34. The minimum atomic E-state index is -0.413. The van der Waals surface area contributed by atoms with Gasteiger partial charge < -0.3 is 10.1 Å². The molecule has 0 aromatic heterocycles. The van der Waals surface area contributed by atoms with E-state index in [1.165, 1.54) is 0 Å². The number of amides is 1. The molecule has 0 atom stereocenters. The molecule has 3 aromatic rings. The molecule has 0 heterocycles. The van der Waals surface area contributed by atoms with Gasteiger partial charge in [-0.25, -0.2) is 0 Å². The van der Waals surface area contributed by atoms with E-state index in [1.54, 1.807) is 12.1 Å². The second-order valence-electron chi connectivity index (χ2n) is 6.29. The number of halogens is 1. The lowest BCUT2D eigenvalue weighted by Crippen LogP contribution is -2.22. The number of ether oxygens (including phenoxy) is 1. The Bertz CT molecular complexity index is 872. The van der Waals surface area contributed by atoms with Gasteiger partial charge in [0, 0.05) is 16.1 Å². The highest BCUT2D eigenvalue weighted by molar-refractivity contribution is 9.10. The zero-order valence-electron chi connectivity index (χ0n) is 15.2. The Morgan fingerprint density at radius 1 is 0.821 bits per heavy atom. The first-order valence-corrected chi connectivity index (χ1v) is 9.72. The van der Waals surface area contributed by atoms with Gasteiger partial charge >= 0.3 is 5.97 Å². The van der Waals surface area contributed by atoms with Gasteiger partial charge in [0.25, 0.3) is 5.91 Å². The highest BCUT2D eigenvalue weighted by Crippen LogP contribution is 2.28. The molecule has 3 aromatic carbocycles. The highest BCUT2D eigenvalue weighted by atomic mass is 79.9. The van der Waals surface area contributed by atoms with Crippen LogP contribution in [0.3, 0.4) is 0 Å². The van der Waals surface area contributed by atoms with Gasteiger partial charge in [0.2, 0.25) is 0 Å². The van der Waals surface area contributed by atoms with Gasteiger partial charge in [0.1, 0.15) is 0 Å². The predicted molar refractivity (Wildman–Crippen MR) is 113 cm³/mol.